The lowest BCUT2D eigenvalue weighted by Crippen LogP contribution is -1.98. The Balaban J connectivity index is 1.49. The van der Waals surface area contributed by atoms with Gasteiger partial charge >= 0.3 is 0 Å². The summed E-state index contributed by atoms with van der Waals surface area (Å²) in [6.07, 6.45) is 2.05. The summed E-state index contributed by atoms with van der Waals surface area (Å²) in [4.78, 5) is 1.25. The summed E-state index contributed by atoms with van der Waals surface area (Å²) in [6.45, 7) is 0. The van der Waals surface area contributed by atoms with Crippen LogP contribution in [0.15, 0.2) is 134 Å². The van der Waals surface area contributed by atoms with Crippen molar-refractivity contribution < 1.29 is 0 Å². The molecule has 5 heterocycles. The third kappa shape index (κ3) is 2.78. The largest absolute Gasteiger partial charge is 0.309 e. The van der Waals surface area contributed by atoms with Crippen molar-refractivity contribution in [1.29, 1.82) is 0 Å². The van der Waals surface area contributed by atoms with Crippen molar-refractivity contribution in [2.45, 2.75) is 0 Å². The van der Waals surface area contributed by atoms with Crippen molar-refractivity contribution in [3.63, 3.8) is 0 Å². The number of benzene rings is 5. The van der Waals surface area contributed by atoms with E-state index in [1.807, 2.05) is 15.9 Å². The Kier molecular flexibility index (Phi) is 4.30. The lowest BCUT2D eigenvalue weighted by atomic mass is 10.1. The van der Waals surface area contributed by atoms with Crippen LogP contribution in [0.1, 0.15) is 0 Å². The number of fused-ring (bicyclic) bond motifs is 12. The van der Waals surface area contributed by atoms with E-state index in [1.54, 1.807) is 0 Å². The minimum absolute atomic E-state index is 1.00. The predicted octanol–water partition coefficient (Wildman–Crippen LogP) is 9.90. The molecule has 0 aliphatic rings. The van der Waals surface area contributed by atoms with E-state index in [-0.39, 0.29) is 0 Å². The number of nitrogens with zero attached hydrogens (tertiary/aromatic N) is 4. The van der Waals surface area contributed by atoms with Gasteiger partial charge in [-0.25, -0.2) is 4.52 Å². The van der Waals surface area contributed by atoms with Gasteiger partial charge in [0.2, 0.25) is 0 Å². The molecule has 196 valence electrons. The third-order valence-corrected chi connectivity index (χ3v) is 9.82. The fourth-order valence-corrected chi connectivity index (χ4v) is 8.23. The van der Waals surface area contributed by atoms with Crippen LogP contribution in [0.3, 0.4) is 0 Å². The molecule has 0 N–H and O–H groups in total. The Morgan fingerprint density at radius 1 is 0.500 bits per heavy atom. The van der Waals surface area contributed by atoms with Crippen molar-refractivity contribution in [1.82, 2.24) is 18.7 Å². The molecule has 42 heavy (non-hydrogen) atoms. The number of aromatic nitrogens is 4. The summed E-state index contributed by atoms with van der Waals surface area (Å²) in [5.74, 6) is 0. The van der Waals surface area contributed by atoms with Crippen LogP contribution < -0.4 is 0 Å². The zero-order valence-electron chi connectivity index (χ0n) is 22.4. The molecule has 0 fully saturated rings. The lowest BCUT2D eigenvalue weighted by molar-refractivity contribution is 0.972. The fraction of sp³-hybridized carbons (Fsp3) is 0. The van der Waals surface area contributed by atoms with Crippen LogP contribution in [0.25, 0.3) is 80.8 Å². The molecule has 10 aromatic rings. The molecular weight excluding hydrogens is 533 g/mol. The molecule has 5 heteroatoms. The monoisotopic (exact) mass is 554 g/mol. The maximum absolute atomic E-state index is 4.92. The quantitative estimate of drug-likeness (QED) is 0.209. The second-order valence-corrected chi connectivity index (χ2v) is 11.9. The molecule has 0 atom stereocenters. The van der Waals surface area contributed by atoms with Crippen molar-refractivity contribution >= 4 is 80.8 Å². The van der Waals surface area contributed by atoms with Gasteiger partial charge in [0.1, 0.15) is 4.83 Å². The second kappa shape index (κ2) is 8.09. The molecule has 0 saturated carbocycles. The highest BCUT2D eigenvalue weighted by molar-refractivity contribution is 7.25. The molecule has 5 aromatic heterocycles. The molecular formula is C37H22N4S. The smallest absolute Gasteiger partial charge is 0.109 e. The number of rotatable bonds is 2. The van der Waals surface area contributed by atoms with Gasteiger partial charge < -0.3 is 4.57 Å². The average molecular weight is 555 g/mol. The van der Waals surface area contributed by atoms with Gasteiger partial charge in [-0.05, 0) is 48.5 Å². The third-order valence-electron chi connectivity index (χ3n) is 8.67. The van der Waals surface area contributed by atoms with E-state index in [0.29, 0.717) is 0 Å². The number of pyridine rings is 1. The van der Waals surface area contributed by atoms with Crippen LogP contribution in [0, 0.1) is 0 Å². The predicted molar refractivity (Wildman–Crippen MR) is 177 cm³/mol. The first-order valence-electron chi connectivity index (χ1n) is 14.2. The van der Waals surface area contributed by atoms with Crippen molar-refractivity contribution in [3.8, 4) is 11.4 Å². The molecule has 0 radical (unpaired) electrons. The van der Waals surface area contributed by atoms with E-state index in [9.17, 15) is 0 Å². The zero-order chi connectivity index (χ0) is 27.4. The molecule has 10 rings (SSSR count). The molecule has 0 aliphatic carbocycles. The van der Waals surface area contributed by atoms with E-state index in [2.05, 4.69) is 143 Å². The van der Waals surface area contributed by atoms with Crippen LogP contribution in [-0.2, 0) is 0 Å². The van der Waals surface area contributed by atoms with Gasteiger partial charge in [0.15, 0.2) is 0 Å². The number of para-hydroxylation sites is 2. The van der Waals surface area contributed by atoms with Gasteiger partial charge in [-0.1, -0.05) is 78.9 Å². The summed E-state index contributed by atoms with van der Waals surface area (Å²) >= 11 is 1.87. The summed E-state index contributed by atoms with van der Waals surface area (Å²) < 4.78 is 8.26. The standard InChI is InChI=1S/C37H22N4S/c1-2-11-23(12-3-1)40-29-17-8-5-13-24(29)25-20-21-30-34(36(25)40)33-27-15-6-9-19-32(27)42-37(33)41(30)31-18-10-22-39-35(31)26-14-4-7-16-28(26)38-39/h1-22H. The fourth-order valence-electron chi connectivity index (χ4n) is 6.99. The maximum Gasteiger partial charge on any atom is 0.109 e. The van der Waals surface area contributed by atoms with Gasteiger partial charge in [-0.2, -0.15) is 5.10 Å². The average Bonchev–Trinajstić information content (AvgIpc) is 3.78. The summed E-state index contributed by atoms with van der Waals surface area (Å²) in [5, 5.41) is 12.5. The maximum atomic E-state index is 4.92. The van der Waals surface area contributed by atoms with Crippen LogP contribution in [-0.4, -0.2) is 18.7 Å². The van der Waals surface area contributed by atoms with E-state index in [4.69, 9.17) is 5.10 Å². The Labute approximate surface area is 243 Å². The minimum atomic E-state index is 1.00. The first-order chi connectivity index (χ1) is 20.9. The van der Waals surface area contributed by atoms with Gasteiger partial charge in [-0.15, -0.1) is 11.3 Å². The van der Waals surface area contributed by atoms with Crippen LogP contribution >= 0.6 is 11.3 Å². The highest BCUT2D eigenvalue weighted by Crippen LogP contribution is 2.47. The summed E-state index contributed by atoms with van der Waals surface area (Å²) in [7, 11) is 0. The Morgan fingerprint density at radius 2 is 1.26 bits per heavy atom. The Bertz CT molecular complexity index is 2680. The van der Waals surface area contributed by atoms with Gasteiger partial charge in [-0.3, -0.25) is 4.57 Å². The number of thiophene rings is 1. The van der Waals surface area contributed by atoms with E-state index < -0.39 is 0 Å². The SMILES string of the molecule is c1ccc(-n2c3ccccc3c3ccc4c(c5c6ccccc6sc5n4-c4cccn5nc6ccccc6c45)c32)cc1. The summed E-state index contributed by atoms with van der Waals surface area (Å²) in [6, 6.07) is 45.8. The molecule has 0 unspecified atom stereocenters. The van der Waals surface area contributed by atoms with Gasteiger partial charge in [0, 0.05) is 48.9 Å². The normalized spacial score (nSPS) is 12.3. The van der Waals surface area contributed by atoms with Gasteiger partial charge in [0.25, 0.3) is 0 Å². The molecule has 0 saturated heterocycles. The molecule has 0 bridgehead atoms. The molecule has 0 spiro atoms. The Hall–Kier alpha value is -5.39. The molecule has 4 nitrogen and oxygen atoms in total. The lowest BCUT2D eigenvalue weighted by Gasteiger charge is -2.11. The van der Waals surface area contributed by atoms with Crippen molar-refractivity contribution in [2.24, 2.45) is 0 Å². The first kappa shape index (κ1) is 22.3. The van der Waals surface area contributed by atoms with E-state index in [1.165, 1.54) is 58.7 Å². The zero-order valence-corrected chi connectivity index (χ0v) is 23.2. The highest BCUT2D eigenvalue weighted by Gasteiger charge is 2.24. The number of hydrogen-bond donors (Lipinski definition) is 0. The second-order valence-electron chi connectivity index (χ2n) is 10.9. The van der Waals surface area contributed by atoms with Crippen LogP contribution in [0.2, 0.25) is 0 Å². The Morgan fingerprint density at radius 3 is 2.17 bits per heavy atom. The van der Waals surface area contributed by atoms with E-state index >= 15 is 0 Å². The summed E-state index contributed by atoms with van der Waals surface area (Å²) in [5.41, 5.74) is 8.09. The molecule has 5 aromatic carbocycles. The van der Waals surface area contributed by atoms with Crippen LogP contribution in [0.4, 0.5) is 0 Å². The minimum Gasteiger partial charge on any atom is -0.309 e. The number of hydrogen-bond acceptors (Lipinski definition) is 2. The first-order valence-corrected chi connectivity index (χ1v) is 15.0. The molecule has 0 aliphatic heterocycles. The molecule has 0 amide bonds. The van der Waals surface area contributed by atoms with E-state index in [0.717, 1.165) is 22.1 Å². The van der Waals surface area contributed by atoms with Crippen molar-refractivity contribution in [2.75, 3.05) is 0 Å². The van der Waals surface area contributed by atoms with Crippen molar-refractivity contribution in [3.05, 3.63) is 134 Å². The van der Waals surface area contributed by atoms with Crippen LogP contribution in [0.5, 0.6) is 0 Å². The van der Waals surface area contributed by atoms with Gasteiger partial charge in [0.05, 0.1) is 33.3 Å². The highest BCUT2D eigenvalue weighted by atomic mass is 32.1. The topological polar surface area (TPSA) is 27.2 Å².